The number of rotatable bonds is 3. The summed E-state index contributed by atoms with van der Waals surface area (Å²) in [5.41, 5.74) is 5.40. The van der Waals surface area contributed by atoms with E-state index in [-0.39, 0.29) is 6.54 Å². The van der Waals surface area contributed by atoms with Gasteiger partial charge in [-0.3, -0.25) is 4.74 Å². The molecule has 21 heavy (non-hydrogen) atoms. The van der Waals surface area contributed by atoms with E-state index in [9.17, 15) is 18.0 Å². The van der Waals surface area contributed by atoms with Gasteiger partial charge < -0.3 is 15.8 Å². The van der Waals surface area contributed by atoms with Crippen molar-refractivity contribution in [1.82, 2.24) is 5.32 Å². The van der Waals surface area contributed by atoms with Gasteiger partial charge in [0.2, 0.25) is 0 Å². The number of amides is 1. The highest BCUT2D eigenvalue weighted by Crippen LogP contribution is 2.33. The number of nitrogens with two attached hydrogens (primary N) is 1. The number of ether oxygens (including phenoxy) is 2. The maximum atomic E-state index is 12.5. The summed E-state index contributed by atoms with van der Waals surface area (Å²) >= 11 is 0. The number of halogens is 3. The summed E-state index contributed by atoms with van der Waals surface area (Å²) < 4.78 is 46.6. The van der Waals surface area contributed by atoms with Crippen LogP contribution < -0.4 is 11.1 Å². The molecule has 0 aromatic heterocycles. The van der Waals surface area contributed by atoms with Gasteiger partial charge >= 0.3 is 12.5 Å². The second kappa shape index (κ2) is 6.23. The number of alkyl halides is 3. The minimum absolute atomic E-state index is 0.00439. The number of hydrogen-bond donors (Lipinski definition) is 2. The monoisotopic (exact) mass is 310 g/mol. The quantitative estimate of drug-likeness (QED) is 0.785. The summed E-state index contributed by atoms with van der Waals surface area (Å²) in [4.78, 5) is 11.7. The lowest BCUT2D eigenvalue weighted by Crippen LogP contribution is -2.48. The molecule has 1 rings (SSSR count). The molecule has 1 amide bonds. The molecule has 0 heterocycles. The topological polar surface area (TPSA) is 73.6 Å². The van der Waals surface area contributed by atoms with Crippen LogP contribution in [0.3, 0.4) is 0 Å². The van der Waals surface area contributed by atoms with E-state index in [1.54, 1.807) is 27.7 Å². The molecule has 0 aromatic carbocycles. The summed E-state index contributed by atoms with van der Waals surface area (Å²) in [7, 11) is 0. The Bertz CT molecular complexity index is 416. The fraction of sp³-hybridized carbons (Fsp3) is 0.769. The van der Waals surface area contributed by atoms with Crippen molar-refractivity contribution in [1.29, 1.82) is 0 Å². The van der Waals surface area contributed by atoms with Gasteiger partial charge in [0.25, 0.3) is 0 Å². The lowest BCUT2D eigenvalue weighted by Gasteiger charge is -2.28. The van der Waals surface area contributed by atoms with Crippen molar-refractivity contribution in [2.24, 2.45) is 11.7 Å². The Morgan fingerprint density at radius 1 is 1.38 bits per heavy atom. The maximum absolute atomic E-state index is 12.5. The van der Waals surface area contributed by atoms with Gasteiger partial charge in [0.05, 0.1) is 12.1 Å². The van der Waals surface area contributed by atoms with Crippen LogP contribution in [-0.2, 0) is 9.47 Å². The number of carbonyl (C=O) groups is 1. The Balaban J connectivity index is 2.80. The number of nitrogens with one attached hydrogen (secondary N) is 1. The molecule has 1 aliphatic carbocycles. The molecule has 1 aliphatic rings. The molecule has 0 fully saturated rings. The number of hydrogen-bond acceptors (Lipinski definition) is 4. The summed E-state index contributed by atoms with van der Waals surface area (Å²) in [6.07, 6.45) is -5.38. The molecular formula is C13H21F3N2O3. The second-order valence-electron chi connectivity index (χ2n) is 5.95. The Labute approximate surface area is 121 Å². The molecule has 0 saturated carbocycles. The first-order valence-electron chi connectivity index (χ1n) is 6.55. The van der Waals surface area contributed by atoms with Gasteiger partial charge in [0.1, 0.15) is 5.60 Å². The van der Waals surface area contributed by atoms with Gasteiger partial charge in [-0.25, -0.2) is 4.79 Å². The zero-order valence-electron chi connectivity index (χ0n) is 12.5. The van der Waals surface area contributed by atoms with Gasteiger partial charge in [-0.1, -0.05) is 11.6 Å². The van der Waals surface area contributed by atoms with Crippen LogP contribution in [0, 0.1) is 5.92 Å². The molecule has 1 unspecified atom stereocenters. The van der Waals surface area contributed by atoms with Gasteiger partial charge in [-0.05, 0) is 27.7 Å². The maximum Gasteiger partial charge on any atom is 0.522 e. The molecule has 122 valence electrons. The van der Waals surface area contributed by atoms with Crippen LogP contribution >= 0.6 is 0 Å². The average Bonchev–Trinajstić information content (AvgIpc) is 2.49. The van der Waals surface area contributed by atoms with Crippen LogP contribution in [-0.4, -0.2) is 36.7 Å². The summed E-state index contributed by atoms with van der Waals surface area (Å²) in [6, 6.07) is -0.935. The summed E-state index contributed by atoms with van der Waals surface area (Å²) in [5.74, 6) is -0.605. The standard InChI is InChI=1S/C13H21F3N2O3/c1-7-5-9(18-11(19)21-12(2,3)4)10(8(7)6-17)20-13(14,15)16/h5,8-10H,6,17H2,1-4H3,(H,18,19)/t8-,9?,10+/m1/s1. The zero-order valence-corrected chi connectivity index (χ0v) is 12.5. The van der Waals surface area contributed by atoms with Gasteiger partial charge in [-0.2, -0.15) is 0 Å². The van der Waals surface area contributed by atoms with Crippen molar-refractivity contribution in [2.45, 2.75) is 51.8 Å². The van der Waals surface area contributed by atoms with E-state index < -0.39 is 36.1 Å². The Morgan fingerprint density at radius 2 is 1.95 bits per heavy atom. The molecule has 3 atom stereocenters. The largest absolute Gasteiger partial charge is 0.522 e. The van der Waals surface area contributed by atoms with Crippen LogP contribution in [0.5, 0.6) is 0 Å². The zero-order chi connectivity index (χ0) is 16.4. The second-order valence-corrected chi connectivity index (χ2v) is 5.95. The number of carbonyl (C=O) groups excluding carboxylic acids is 1. The molecule has 0 bridgehead atoms. The minimum atomic E-state index is -4.80. The molecule has 0 radical (unpaired) electrons. The van der Waals surface area contributed by atoms with E-state index in [1.807, 2.05) is 0 Å². The van der Waals surface area contributed by atoms with E-state index >= 15 is 0 Å². The third-order valence-electron chi connectivity index (χ3n) is 2.98. The third-order valence-corrected chi connectivity index (χ3v) is 2.98. The Morgan fingerprint density at radius 3 is 2.38 bits per heavy atom. The Hall–Kier alpha value is -1.28. The average molecular weight is 310 g/mol. The van der Waals surface area contributed by atoms with Gasteiger partial charge in [-0.15, -0.1) is 13.2 Å². The third kappa shape index (κ3) is 5.55. The highest BCUT2D eigenvalue weighted by Gasteiger charge is 2.44. The first-order valence-corrected chi connectivity index (χ1v) is 6.55. The van der Waals surface area contributed by atoms with Crippen molar-refractivity contribution in [3.63, 3.8) is 0 Å². The first kappa shape index (κ1) is 17.8. The highest BCUT2D eigenvalue weighted by molar-refractivity contribution is 5.68. The first-order chi connectivity index (χ1) is 9.43. The molecule has 3 N–H and O–H groups in total. The number of alkyl carbamates (subject to hydrolysis) is 1. The minimum Gasteiger partial charge on any atom is -0.444 e. The SMILES string of the molecule is CC1=CC(NC(=O)OC(C)(C)C)[C@@H](OC(F)(F)F)[C@@H]1CN. The molecule has 5 nitrogen and oxygen atoms in total. The Kier molecular flexibility index (Phi) is 5.27. The van der Waals surface area contributed by atoms with Crippen LogP contribution in [0.1, 0.15) is 27.7 Å². The van der Waals surface area contributed by atoms with E-state index in [1.165, 1.54) is 6.08 Å². The normalized spacial score (nSPS) is 26.5. The predicted molar refractivity (Wildman–Crippen MR) is 70.4 cm³/mol. The van der Waals surface area contributed by atoms with Crippen LogP contribution in [0.25, 0.3) is 0 Å². The van der Waals surface area contributed by atoms with Crippen molar-refractivity contribution in [2.75, 3.05) is 6.54 Å². The van der Waals surface area contributed by atoms with Gasteiger partial charge in [0.15, 0.2) is 0 Å². The lowest BCUT2D eigenvalue weighted by atomic mass is 9.99. The lowest BCUT2D eigenvalue weighted by molar-refractivity contribution is -0.347. The van der Waals surface area contributed by atoms with Crippen molar-refractivity contribution in [3.8, 4) is 0 Å². The predicted octanol–water partition coefficient (Wildman–Crippen LogP) is 2.32. The highest BCUT2D eigenvalue weighted by atomic mass is 19.4. The van der Waals surface area contributed by atoms with Crippen LogP contribution in [0.2, 0.25) is 0 Å². The molecule has 0 saturated heterocycles. The molecule has 0 spiro atoms. The fourth-order valence-corrected chi connectivity index (χ4v) is 2.21. The molecule has 8 heteroatoms. The van der Waals surface area contributed by atoms with Crippen LogP contribution in [0.15, 0.2) is 11.6 Å². The smallest absolute Gasteiger partial charge is 0.444 e. The molecule has 0 aromatic rings. The van der Waals surface area contributed by atoms with Crippen molar-refractivity contribution < 1.29 is 27.4 Å². The summed E-state index contributed by atoms with van der Waals surface area (Å²) in [5, 5.41) is 2.38. The van der Waals surface area contributed by atoms with E-state index in [0.717, 1.165) is 0 Å². The van der Waals surface area contributed by atoms with E-state index in [2.05, 4.69) is 10.1 Å². The summed E-state index contributed by atoms with van der Waals surface area (Å²) in [6.45, 7) is 6.63. The molecule has 0 aliphatic heterocycles. The van der Waals surface area contributed by atoms with E-state index in [0.29, 0.717) is 5.57 Å². The van der Waals surface area contributed by atoms with E-state index in [4.69, 9.17) is 10.5 Å². The van der Waals surface area contributed by atoms with Gasteiger partial charge in [0, 0.05) is 12.5 Å². The van der Waals surface area contributed by atoms with Crippen molar-refractivity contribution >= 4 is 6.09 Å². The fourth-order valence-electron chi connectivity index (χ4n) is 2.21. The van der Waals surface area contributed by atoms with Crippen molar-refractivity contribution in [3.05, 3.63) is 11.6 Å². The van der Waals surface area contributed by atoms with Crippen LogP contribution in [0.4, 0.5) is 18.0 Å². The molecular weight excluding hydrogens is 289 g/mol.